The molecule has 0 bridgehead atoms. The van der Waals surface area contributed by atoms with E-state index in [2.05, 4.69) is 0 Å². The first kappa shape index (κ1) is 24.0. The third-order valence-electron chi connectivity index (χ3n) is 6.06. The van der Waals surface area contributed by atoms with E-state index in [4.69, 9.17) is 9.15 Å². The second kappa shape index (κ2) is 10.1. The maximum absolute atomic E-state index is 13.9. The van der Waals surface area contributed by atoms with Crippen LogP contribution in [0.2, 0.25) is 0 Å². The molecule has 1 aliphatic heterocycles. The van der Waals surface area contributed by atoms with Gasteiger partial charge < -0.3 is 9.15 Å². The van der Waals surface area contributed by atoms with Crippen LogP contribution in [0.25, 0.3) is 23.1 Å². The lowest BCUT2D eigenvalue weighted by Crippen LogP contribution is -2.25. The summed E-state index contributed by atoms with van der Waals surface area (Å²) in [4.78, 5) is 27.0. The van der Waals surface area contributed by atoms with Gasteiger partial charge >= 0.3 is 5.97 Å². The van der Waals surface area contributed by atoms with E-state index in [0.717, 1.165) is 11.1 Å². The number of nitrogens with zero attached hydrogens (tertiary/aromatic N) is 1. The van der Waals surface area contributed by atoms with Gasteiger partial charge in [0.05, 0.1) is 17.9 Å². The van der Waals surface area contributed by atoms with Crippen molar-refractivity contribution in [2.45, 2.75) is 13.8 Å². The minimum atomic E-state index is -0.374. The SMILES string of the molecule is CCOC(=O)c1ccc(-c2ccc(C=C3C=C(c4ccccc4)N(c4ccc(F)c(C)c4)C3=O)o2)cc1. The van der Waals surface area contributed by atoms with Crippen LogP contribution in [0.3, 0.4) is 0 Å². The van der Waals surface area contributed by atoms with E-state index in [1.807, 2.05) is 42.5 Å². The van der Waals surface area contributed by atoms with E-state index in [1.54, 1.807) is 67.3 Å². The van der Waals surface area contributed by atoms with Crippen LogP contribution in [0, 0.1) is 12.7 Å². The lowest BCUT2D eigenvalue weighted by atomic mass is 10.1. The van der Waals surface area contributed by atoms with Gasteiger partial charge in [0, 0.05) is 16.8 Å². The van der Waals surface area contributed by atoms with Crippen LogP contribution in [-0.4, -0.2) is 18.5 Å². The molecular weight excluding hydrogens is 469 g/mol. The molecule has 3 aromatic carbocycles. The van der Waals surface area contributed by atoms with Gasteiger partial charge in [-0.3, -0.25) is 9.69 Å². The minimum absolute atomic E-state index is 0.235. The van der Waals surface area contributed by atoms with Gasteiger partial charge in [0.25, 0.3) is 5.91 Å². The number of carbonyl (C=O) groups excluding carboxylic acids is 2. The van der Waals surface area contributed by atoms with Crippen molar-refractivity contribution in [3.8, 4) is 11.3 Å². The fourth-order valence-corrected chi connectivity index (χ4v) is 4.18. The maximum atomic E-state index is 13.9. The zero-order valence-corrected chi connectivity index (χ0v) is 20.4. The summed E-state index contributed by atoms with van der Waals surface area (Å²) in [5, 5.41) is 0. The number of carbonyl (C=O) groups is 2. The quantitative estimate of drug-likeness (QED) is 0.213. The molecule has 1 aromatic heterocycles. The van der Waals surface area contributed by atoms with Crippen LogP contribution in [0.1, 0.15) is 34.2 Å². The average Bonchev–Trinajstić information content (AvgIpc) is 3.51. The predicted octanol–water partition coefficient (Wildman–Crippen LogP) is 7.04. The molecule has 0 radical (unpaired) electrons. The number of esters is 1. The zero-order valence-electron chi connectivity index (χ0n) is 20.4. The molecule has 0 saturated heterocycles. The standard InChI is InChI=1S/C31H24FNO4/c1-3-36-31(35)23-11-9-22(10-12-23)29-16-14-26(37-29)18-24-19-28(21-7-5-4-6-8-21)33(30(24)34)25-13-15-27(32)20(2)17-25/h4-19H,3H2,1-2H3. The summed E-state index contributed by atoms with van der Waals surface area (Å²) in [6.07, 6.45) is 3.50. The molecule has 0 spiro atoms. The number of furan rings is 1. The van der Waals surface area contributed by atoms with Crippen molar-refractivity contribution in [2.24, 2.45) is 0 Å². The number of amides is 1. The van der Waals surface area contributed by atoms with E-state index in [0.29, 0.717) is 46.2 Å². The molecular formula is C31H24FNO4. The normalized spacial score (nSPS) is 14.2. The summed E-state index contributed by atoms with van der Waals surface area (Å²) >= 11 is 0. The van der Waals surface area contributed by atoms with Crippen molar-refractivity contribution in [3.63, 3.8) is 0 Å². The van der Waals surface area contributed by atoms with Crippen LogP contribution < -0.4 is 4.90 Å². The Bertz CT molecular complexity index is 1530. The summed E-state index contributed by atoms with van der Waals surface area (Å²) < 4.78 is 25.0. The first-order valence-corrected chi connectivity index (χ1v) is 11.9. The van der Waals surface area contributed by atoms with Crippen molar-refractivity contribution in [1.29, 1.82) is 0 Å². The summed E-state index contributed by atoms with van der Waals surface area (Å²) in [7, 11) is 0. The number of aryl methyl sites for hydroxylation is 1. The molecule has 0 atom stereocenters. The number of halogens is 1. The highest BCUT2D eigenvalue weighted by molar-refractivity contribution is 6.23. The van der Waals surface area contributed by atoms with Crippen molar-refractivity contribution < 1.29 is 23.1 Å². The molecule has 2 heterocycles. The molecule has 0 fully saturated rings. The molecule has 0 aliphatic carbocycles. The number of benzene rings is 3. The van der Waals surface area contributed by atoms with Crippen molar-refractivity contribution >= 4 is 29.3 Å². The molecule has 1 aliphatic rings. The van der Waals surface area contributed by atoms with E-state index in [1.165, 1.54) is 6.07 Å². The van der Waals surface area contributed by atoms with Gasteiger partial charge in [0.15, 0.2) is 0 Å². The van der Waals surface area contributed by atoms with Crippen LogP contribution in [0.15, 0.2) is 101 Å². The van der Waals surface area contributed by atoms with Gasteiger partial charge in [-0.2, -0.15) is 0 Å². The lowest BCUT2D eigenvalue weighted by molar-refractivity contribution is -0.113. The summed E-state index contributed by atoms with van der Waals surface area (Å²) in [5.74, 6) is 0.177. The molecule has 5 rings (SSSR count). The van der Waals surface area contributed by atoms with Crippen molar-refractivity contribution in [1.82, 2.24) is 0 Å². The van der Waals surface area contributed by atoms with Crippen molar-refractivity contribution in [2.75, 3.05) is 11.5 Å². The van der Waals surface area contributed by atoms with Gasteiger partial charge in [0.1, 0.15) is 17.3 Å². The highest BCUT2D eigenvalue weighted by Gasteiger charge is 2.31. The number of ether oxygens (including phenoxy) is 1. The molecule has 6 heteroatoms. The van der Waals surface area contributed by atoms with Crippen molar-refractivity contribution in [3.05, 3.63) is 125 Å². The average molecular weight is 494 g/mol. The zero-order chi connectivity index (χ0) is 25.9. The van der Waals surface area contributed by atoms with E-state index in [-0.39, 0.29) is 17.7 Å². The first-order valence-electron chi connectivity index (χ1n) is 11.9. The third-order valence-corrected chi connectivity index (χ3v) is 6.06. The molecule has 184 valence electrons. The fourth-order valence-electron chi connectivity index (χ4n) is 4.18. The maximum Gasteiger partial charge on any atom is 0.338 e. The van der Waals surface area contributed by atoms with E-state index < -0.39 is 0 Å². The number of rotatable bonds is 6. The summed E-state index contributed by atoms with van der Waals surface area (Å²) in [6, 6.07) is 24.8. The number of hydrogen-bond acceptors (Lipinski definition) is 4. The Balaban J connectivity index is 1.47. The minimum Gasteiger partial charge on any atom is -0.462 e. The number of anilines is 1. The van der Waals surface area contributed by atoms with Gasteiger partial charge in [-0.15, -0.1) is 0 Å². The fraction of sp³-hybridized carbons (Fsp3) is 0.0968. The van der Waals surface area contributed by atoms with Crippen LogP contribution in [-0.2, 0) is 9.53 Å². The summed E-state index contributed by atoms with van der Waals surface area (Å²) in [5.41, 5.74) is 4.31. The molecule has 1 amide bonds. The Hall–Kier alpha value is -4.71. The van der Waals surface area contributed by atoms with E-state index >= 15 is 0 Å². The Morgan fingerprint density at radius 2 is 1.73 bits per heavy atom. The molecule has 37 heavy (non-hydrogen) atoms. The molecule has 0 N–H and O–H groups in total. The second-order valence-corrected chi connectivity index (χ2v) is 8.57. The van der Waals surface area contributed by atoms with Crippen LogP contribution in [0.5, 0.6) is 0 Å². The molecule has 4 aromatic rings. The Kier molecular flexibility index (Phi) is 6.56. The topological polar surface area (TPSA) is 59.8 Å². The monoisotopic (exact) mass is 493 g/mol. The van der Waals surface area contributed by atoms with Gasteiger partial charge in [0.2, 0.25) is 0 Å². The third kappa shape index (κ3) is 4.86. The predicted molar refractivity (Wildman–Crippen MR) is 141 cm³/mol. The largest absolute Gasteiger partial charge is 0.462 e. The van der Waals surface area contributed by atoms with Crippen LogP contribution in [0.4, 0.5) is 10.1 Å². The van der Waals surface area contributed by atoms with Gasteiger partial charge in [-0.25, -0.2) is 9.18 Å². The number of hydrogen-bond donors (Lipinski definition) is 0. The lowest BCUT2D eigenvalue weighted by Gasteiger charge is -2.21. The smallest absolute Gasteiger partial charge is 0.338 e. The molecule has 5 nitrogen and oxygen atoms in total. The Morgan fingerprint density at radius 3 is 2.43 bits per heavy atom. The van der Waals surface area contributed by atoms with E-state index in [9.17, 15) is 14.0 Å². The highest BCUT2D eigenvalue weighted by atomic mass is 19.1. The Morgan fingerprint density at radius 1 is 0.973 bits per heavy atom. The first-order chi connectivity index (χ1) is 17.9. The molecule has 0 unspecified atom stereocenters. The second-order valence-electron chi connectivity index (χ2n) is 8.57. The van der Waals surface area contributed by atoms with Crippen LogP contribution >= 0.6 is 0 Å². The molecule has 0 saturated carbocycles. The van der Waals surface area contributed by atoms with Gasteiger partial charge in [-0.05, 0) is 79.6 Å². The van der Waals surface area contributed by atoms with Gasteiger partial charge in [-0.1, -0.05) is 42.5 Å². The summed E-state index contributed by atoms with van der Waals surface area (Å²) in [6.45, 7) is 3.75. The Labute approximate surface area is 214 Å². The highest BCUT2D eigenvalue weighted by Crippen LogP contribution is 2.36.